The predicted octanol–water partition coefficient (Wildman–Crippen LogP) is 3.54. The molecule has 1 aromatic carbocycles. The lowest BCUT2D eigenvalue weighted by Gasteiger charge is -2.11. The molecule has 0 spiro atoms. The Hall–Kier alpha value is -1.53. The number of carboxylic acid groups (broad SMARTS) is 1. The number of carbonyl (C=O) groups excluding carboxylic acids is 1. The van der Waals surface area contributed by atoms with E-state index in [2.05, 4.69) is 32.6 Å². The van der Waals surface area contributed by atoms with Crippen LogP contribution in [0.5, 0.6) is 0 Å². The largest absolute Gasteiger partial charge is 0.478 e. The number of carboxylic acids is 1. The van der Waals surface area contributed by atoms with Crippen LogP contribution in [0.25, 0.3) is 0 Å². The van der Waals surface area contributed by atoms with E-state index in [0.717, 1.165) is 0 Å². The number of rotatable bonds is 4. The number of carbonyl (C=O) groups is 2. The van der Waals surface area contributed by atoms with Gasteiger partial charge in [0.2, 0.25) is 0 Å². The van der Waals surface area contributed by atoms with E-state index >= 15 is 0 Å². The second-order valence-corrected chi connectivity index (χ2v) is 4.33. The first-order valence-electron chi connectivity index (χ1n) is 4.73. The molecule has 2 N–H and O–H groups in total. The van der Waals surface area contributed by atoms with Crippen LogP contribution >= 0.6 is 27.5 Å². The summed E-state index contributed by atoms with van der Waals surface area (Å²) in [6, 6.07) is 2.80. The maximum absolute atomic E-state index is 11.4. The minimum Gasteiger partial charge on any atom is -0.478 e. The molecule has 0 fully saturated rings. The molecule has 0 aliphatic carbocycles. The van der Waals surface area contributed by atoms with Crippen molar-refractivity contribution in [2.45, 2.75) is 0 Å². The summed E-state index contributed by atoms with van der Waals surface area (Å²) in [6.07, 6.45) is 0.581. The molecule has 5 nitrogen and oxygen atoms in total. The maximum Gasteiger partial charge on any atom is 0.412 e. The second-order valence-electron chi connectivity index (χ2n) is 3.10. The molecule has 1 amide bonds. The monoisotopic (exact) mass is 333 g/mol. The van der Waals surface area contributed by atoms with Crippen LogP contribution in [0.15, 0.2) is 29.3 Å². The normalized spacial score (nSPS) is 9.67. The number of ether oxygens (including phenoxy) is 1. The molecule has 0 unspecified atom stereocenters. The van der Waals surface area contributed by atoms with Crippen LogP contribution in [0.1, 0.15) is 10.4 Å². The summed E-state index contributed by atoms with van der Waals surface area (Å²) >= 11 is 9.06. The van der Waals surface area contributed by atoms with E-state index in [4.69, 9.17) is 16.7 Å². The van der Waals surface area contributed by atoms with Crippen LogP contribution in [0, 0.1) is 0 Å². The van der Waals surface area contributed by atoms with Crippen molar-refractivity contribution in [1.82, 2.24) is 0 Å². The SMILES string of the molecule is C=CCOC(=O)Nc1c(C(=O)O)ccc(Br)c1Cl. The van der Waals surface area contributed by atoms with Crippen molar-refractivity contribution in [3.63, 3.8) is 0 Å². The Kier molecular flexibility index (Phi) is 5.18. The number of nitrogens with one attached hydrogen (secondary N) is 1. The van der Waals surface area contributed by atoms with Gasteiger partial charge in [-0.2, -0.15) is 0 Å². The van der Waals surface area contributed by atoms with Gasteiger partial charge in [0.1, 0.15) is 6.61 Å². The fraction of sp³-hybridized carbons (Fsp3) is 0.0909. The molecule has 96 valence electrons. The van der Waals surface area contributed by atoms with Crippen LogP contribution in [0.2, 0.25) is 5.02 Å². The number of hydrogen-bond acceptors (Lipinski definition) is 3. The Labute approximate surface area is 117 Å². The fourth-order valence-electron chi connectivity index (χ4n) is 1.12. The molecule has 0 aliphatic heterocycles. The zero-order chi connectivity index (χ0) is 13.7. The smallest absolute Gasteiger partial charge is 0.412 e. The molecule has 0 saturated carbocycles. The van der Waals surface area contributed by atoms with E-state index in [1.165, 1.54) is 18.2 Å². The maximum atomic E-state index is 11.4. The Morgan fingerprint density at radius 2 is 2.22 bits per heavy atom. The van der Waals surface area contributed by atoms with Gasteiger partial charge in [-0.15, -0.1) is 0 Å². The summed E-state index contributed by atoms with van der Waals surface area (Å²) in [5.74, 6) is -1.21. The molecule has 0 heterocycles. The van der Waals surface area contributed by atoms with Crippen LogP contribution in [-0.4, -0.2) is 23.8 Å². The molecule has 1 aromatic rings. The Bertz CT molecular complexity index is 504. The van der Waals surface area contributed by atoms with Crippen molar-refractivity contribution in [3.05, 3.63) is 39.8 Å². The van der Waals surface area contributed by atoms with Crippen LogP contribution in [0.4, 0.5) is 10.5 Å². The van der Waals surface area contributed by atoms with E-state index in [-0.39, 0.29) is 22.9 Å². The zero-order valence-electron chi connectivity index (χ0n) is 9.07. The highest BCUT2D eigenvalue weighted by Gasteiger charge is 2.18. The average molecular weight is 335 g/mol. The third-order valence-corrected chi connectivity index (χ3v) is 3.17. The fourth-order valence-corrected chi connectivity index (χ4v) is 1.67. The first kappa shape index (κ1) is 14.5. The number of halogens is 2. The van der Waals surface area contributed by atoms with Crippen LogP contribution in [0.3, 0.4) is 0 Å². The third-order valence-electron chi connectivity index (χ3n) is 1.88. The highest BCUT2D eigenvalue weighted by atomic mass is 79.9. The summed E-state index contributed by atoms with van der Waals surface area (Å²) in [5, 5.41) is 11.4. The van der Waals surface area contributed by atoms with Crippen LogP contribution < -0.4 is 5.32 Å². The molecular formula is C11H9BrClNO4. The average Bonchev–Trinajstić information content (AvgIpc) is 2.32. The Morgan fingerprint density at radius 1 is 1.56 bits per heavy atom. The van der Waals surface area contributed by atoms with Gasteiger partial charge < -0.3 is 9.84 Å². The lowest BCUT2D eigenvalue weighted by Crippen LogP contribution is -2.16. The van der Waals surface area contributed by atoms with Gasteiger partial charge in [-0.05, 0) is 28.1 Å². The molecule has 7 heteroatoms. The summed E-state index contributed by atoms with van der Waals surface area (Å²) in [7, 11) is 0. The highest BCUT2D eigenvalue weighted by Crippen LogP contribution is 2.33. The van der Waals surface area contributed by atoms with Crippen molar-refractivity contribution in [3.8, 4) is 0 Å². The molecular weight excluding hydrogens is 325 g/mol. The van der Waals surface area contributed by atoms with Crippen molar-refractivity contribution >= 4 is 45.3 Å². The van der Waals surface area contributed by atoms with Gasteiger partial charge >= 0.3 is 12.1 Å². The minimum absolute atomic E-state index is 0.0138. The molecule has 1 rings (SSSR count). The number of hydrogen-bond donors (Lipinski definition) is 2. The summed E-state index contributed by atoms with van der Waals surface area (Å²) in [6.45, 7) is 3.40. The first-order valence-corrected chi connectivity index (χ1v) is 5.90. The third kappa shape index (κ3) is 3.48. The topological polar surface area (TPSA) is 75.6 Å². The number of anilines is 1. The van der Waals surface area contributed by atoms with E-state index in [1.807, 2.05) is 0 Å². The summed E-state index contributed by atoms with van der Waals surface area (Å²) in [4.78, 5) is 22.4. The molecule has 0 aromatic heterocycles. The zero-order valence-corrected chi connectivity index (χ0v) is 11.4. The van der Waals surface area contributed by atoms with Gasteiger partial charge in [0.05, 0.1) is 16.3 Å². The predicted molar refractivity (Wildman–Crippen MR) is 71.3 cm³/mol. The van der Waals surface area contributed by atoms with Crippen molar-refractivity contribution < 1.29 is 19.4 Å². The van der Waals surface area contributed by atoms with Gasteiger partial charge in [-0.25, -0.2) is 9.59 Å². The molecule has 0 radical (unpaired) electrons. The van der Waals surface area contributed by atoms with E-state index in [9.17, 15) is 9.59 Å². The first-order chi connectivity index (χ1) is 8.47. The molecule has 18 heavy (non-hydrogen) atoms. The van der Waals surface area contributed by atoms with Crippen molar-refractivity contribution in [2.24, 2.45) is 0 Å². The summed E-state index contributed by atoms with van der Waals surface area (Å²) < 4.78 is 5.16. The van der Waals surface area contributed by atoms with Gasteiger partial charge in [-0.3, -0.25) is 5.32 Å². The number of aromatic carboxylic acids is 1. The van der Waals surface area contributed by atoms with Gasteiger partial charge in [-0.1, -0.05) is 24.3 Å². The minimum atomic E-state index is -1.21. The van der Waals surface area contributed by atoms with Gasteiger partial charge in [0.15, 0.2) is 0 Å². The van der Waals surface area contributed by atoms with Gasteiger partial charge in [0.25, 0.3) is 0 Å². The van der Waals surface area contributed by atoms with E-state index < -0.39 is 12.1 Å². The highest BCUT2D eigenvalue weighted by molar-refractivity contribution is 9.10. The Balaban J connectivity index is 3.05. The van der Waals surface area contributed by atoms with E-state index in [1.54, 1.807) is 0 Å². The van der Waals surface area contributed by atoms with Gasteiger partial charge in [0, 0.05) is 4.47 Å². The lowest BCUT2D eigenvalue weighted by atomic mass is 10.2. The van der Waals surface area contributed by atoms with Crippen LogP contribution in [-0.2, 0) is 4.74 Å². The molecule has 0 aliphatic rings. The van der Waals surface area contributed by atoms with E-state index in [0.29, 0.717) is 4.47 Å². The molecule has 0 bridgehead atoms. The number of benzene rings is 1. The van der Waals surface area contributed by atoms with Crippen molar-refractivity contribution in [2.75, 3.05) is 11.9 Å². The lowest BCUT2D eigenvalue weighted by molar-refractivity contribution is 0.0698. The van der Waals surface area contributed by atoms with Crippen molar-refractivity contribution in [1.29, 1.82) is 0 Å². The standard InChI is InChI=1S/C11H9BrClNO4/c1-2-5-18-11(17)14-9-6(10(15)16)3-4-7(12)8(9)13/h2-4H,1,5H2,(H,14,17)(H,15,16). The Morgan fingerprint density at radius 3 is 2.78 bits per heavy atom. The quantitative estimate of drug-likeness (QED) is 0.826. The second kappa shape index (κ2) is 6.42. The number of amides is 1. The molecule has 0 saturated heterocycles. The molecule has 0 atom stereocenters. The summed E-state index contributed by atoms with van der Waals surface area (Å²) in [5.41, 5.74) is -0.147.